The fourth-order valence-corrected chi connectivity index (χ4v) is 2.68. The molecular formula is C12H21N3O. The van der Waals surface area contributed by atoms with Crippen LogP contribution in [0.15, 0.2) is 0 Å². The highest BCUT2D eigenvalue weighted by Crippen LogP contribution is 2.40. The Hall–Kier alpha value is -0.610. The van der Waals surface area contributed by atoms with E-state index >= 15 is 0 Å². The van der Waals surface area contributed by atoms with Crippen molar-refractivity contribution in [3.05, 3.63) is 0 Å². The highest BCUT2D eigenvalue weighted by molar-refractivity contribution is 5.91. The van der Waals surface area contributed by atoms with E-state index < -0.39 is 0 Å². The molecule has 1 amide bonds. The van der Waals surface area contributed by atoms with Crippen LogP contribution in [0.4, 0.5) is 0 Å². The summed E-state index contributed by atoms with van der Waals surface area (Å²) in [6.07, 6.45) is 4.79. The molecule has 4 nitrogen and oxygen atoms in total. The van der Waals surface area contributed by atoms with Crippen LogP contribution in [0.3, 0.4) is 0 Å². The van der Waals surface area contributed by atoms with Crippen LogP contribution in [0.5, 0.6) is 0 Å². The molecule has 1 aliphatic heterocycles. The van der Waals surface area contributed by atoms with E-state index in [0.29, 0.717) is 5.91 Å². The van der Waals surface area contributed by atoms with Gasteiger partial charge < -0.3 is 4.90 Å². The number of carbonyl (C=O) groups excluding carboxylic acids is 1. The van der Waals surface area contributed by atoms with Gasteiger partial charge in [-0.15, -0.1) is 0 Å². The van der Waals surface area contributed by atoms with Crippen molar-refractivity contribution in [3.8, 4) is 0 Å². The van der Waals surface area contributed by atoms with Gasteiger partial charge in [0.15, 0.2) is 0 Å². The zero-order valence-corrected chi connectivity index (χ0v) is 10.0. The smallest absolute Gasteiger partial charge is 0.244 e. The summed E-state index contributed by atoms with van der Waals surface area (Å²) in [5.41, 5.74) is -0.114. The Labute approximate surface area is 97.0 Å². The van der Waals surface area contributed by atoms with Gasteiger partial charge in [-0.25, -0.2) is 0 Å². The van der Waals surface area contributed by atoms with Gasteiger partial charge in [0.2, 0.25) is 5.91 Å². The summed E-state index contributed by atoms with van der Waals surface area (Å²) >= 11 is 0. The molecule has 3 fully saturated rings. The Kier molecular flexibility index (Phi) is 2.44. The second-order valence-corrected chi connectivity index (χ2v) is 5.35. The molecule has 1 N–H and O–H groups in total. The fraction of sp³-hybridized carbons (Fsp3) is 0.917. The van der Waals surface area contributed by atoms with Crippen LogP contribution >= 0.6 is 0 Å². The first-order chi connectivity index (χ1) is 7.75. The maximum atomic E-state index is 12.0. The van der Waals surface area contributed by atoms with E-state index in [1.54, 1.807) is 0 Å². The number of likely N-dealkylation sites (N-methyl/N-ethyl adjacent to an activating group) is 1. The number of hydrogen-bond donors (Lipinski definition) is 1. The standard InChI is InChI=1S/C12H21N3O/c1-2-14(10-3-4-10)7-8-15-9-13-12(5-6-12)11(15)16/h10,13H,2-9H2,1H3. The first kappa shape index (κ1) is 10.5. The molecule has 3 aliphatic rings. The van der Waals surface area contributed by atoms with Crippen molar-refractivity contribution < 1.29 is 4.79 Å². The third-order valence-electron chi connectivity index (χ3n) is 4.18. The van der Waals surface area contributed by atoms with E-state index in [1.165, 1.54) is 12.8 Å². The summed E-state index contributed by atoms with van der Waals surface area (Å²) in [7, 11) is 0. The van der Waals surface area contributed by atoms with Gasteiger partial charge in [-0.1, -0.05) is 6.92 Å². The lowest BCUT2D eigenvalue weighted by molar-refractivity contribution is -0.129. The molecule has 1 heterocycles. The fourth-order valence-electron chi connectivity index (χ4n) is 2.68. The molecule has 1 saturated heterocycles. The molecule has 2 aliphatic carbocycles. The molecule has 1 spiro atoms. The van der Waals surface area contributed by atoms with Gasteiger partial charge in [-0.05, 0) is 32.2 Å². The number of hydrogen-bond acceptors (Lipinski definition) is 3. The molecular weight excluding hydrogens is 202 g/mol. The SMILES string of the molecule is CCN(CCN1CNC2(CC2)C1=O)C1CC1. The summed E-state index contributed by atoms with van der Waals surface area (Å²) < 4.78 is 0. The van der Waals surface area contributed by atoms with Crippen LogP contribution in [-0.4, -0.2) is 53.6 Å². The second kappa shape index (κ2) is 3.70. The Morgan fingerprint density at radius 1 is 1.50 bits per heavy atom. The van der Waals surface area contributed by atoms with E-state index in [0.717, 1.165) is 45.2 Å². The predicted molar refractivity (Wildman–Crippen MR) is 61.9 cm³/mol. The number of nitrogens with zero attached hydrogens (tertiary/aromatic N) is 2. The number of nitrogens with one attached hydrogen (secondary N) is 1. The molecule has 16 heavy (non-hydrogen) atoms. The lowest BCUT2D eigenvalue weighted by Gasteiger charge is -2.23. The van der Waals surface area contributed by atoms with Gasteiger partial charge in [0.25, 0.3) is 0 Å². The van der Waals surface area contributed by atoms with Crippen molar-refractivity contribution in [2.75, 3.05) is 26.3 Å². The molecule has 0 atom stereocenters. The number of rotatable bonds is 5. The maximum Gasteiger partial charge on any atom is 0.244 e. The van der Waals surface area contributed by atoms with Crippen LogP contribution < -0.4 is 5.32 Å². The molecule has 3 rings (SSSR count). The minimum atomic E-state index is -0.114. The van der Waals surface area contributed by atoms with Crippen LogP contribution in [0.2, 0.25) is 0 Å². The van der Waals surface area contributed by atoms with E-state index in [-0.39, 0.29) is 5.54 Å². The second-order valence-electron chi connectivity index (χ2n) is 5.35. The normalized spacial score (nSPS) is 27.1. The molecule has 0 bridgehead atoms. The van der Waals surface area contributed by atoms with Crippen molar-refractivity contribution in [1.82, 2.24) is 15.1 Å². The van der Waals surface area contributed by atoms with Crippen molar-refractivity contribution in [3.63, 3.8) is 0 Å². The van der Waals surface area contributed by atoms with Gasteiger partial charge >= 0.3 is 0 Å². The van der Waals surface area contributed by atoms with Crippen molar-refractivity contribution in [2.24, 2.45) is 0 Å². The largest absolute Gasteiger partial charge is 0.327 e. The van der Waals surface area contributed by atoms with Crippen molar-refractivity contribution >= 4 is 5.91 Å². The molecule has 90 valence electrons. The van der Waals surface area contributed by atoms with E-state index in [9.17, 15) is 4.79 Å². The third kappa shape index (κ3) is 1.74. The molecule has 0 aromatic heterocycles. The van der Waals surface area contributed by atoms with E-state index in [4.69, 9.17) is 0 Å². The van der Waals surface area contributed by atoms with Crippen molar-refractivity contribution in [2.45, 2.75) is 44.2 Å². The average Bonchev–Trinajstić information content (AvgIpc) is 3.14. The van der Waals surface area contributed by atoms with Crippen molar-refractivity contribution in [1.29, 1.82) is 0 Å². The third-order valence-corrected chi connectivity index (χ3v) is 4.18. The lowest BCUT2D eigenvalue weighted by atomic mass is 10.3. The maximum absolute atomic E-state index is 12.0. The molecule has 0 aromatic rings. The van der Waals surface area contributed by atoms with E-state index in [2.05, 4.69) is 17.1 Å². The van der Waals surface area contributed by atoms with Crippen LogP contribution in [-0.2, 0) is 4.79 Å². The number of carbonyl (C=O) groups is 1. The summed E-state index contributed by atoms with van der Waals surface area (Å²) in [5, 5.41) is 3.35. The monoisotopic (exact) mass is 223 g/mol. The van der Waals surface area contributed by atoms with Gasteiger partial charge in [0.1, 0.15) is 0 Å². The quantitative estimate of drug-likeness (QED) is 0.732. The first-order valence-corrected chi connectivity index (χ1v) is 6.54. The van der Waals surface area contributed by atoms with Crippen LogP contribution in [0.25, 0.3) is 0 Å². The van der Waals surface area contributed by atoms with Gasteiger partial charge in [0, 0.05) is 19.1 Å². The van der Waals surface area contributed by atoms with E-state index in [1.807, 2.05) is 4.90 Å². The average molecular weight is 223 g/mol. The highest BCUT2D eigenvalue weighted by atomic mass is 16.2. The van der Waals surface area contributed by atoms with Crippen LogP contribution in [0.1, 0.15) is 32.6 Å². The summed E-state index contributed by atoms with van der Waals surface area (Å²) in [6.45, 7) is 6.04. The molecule has 0 unspecified atom stereocenters. The molecule has 0 radical (unpaired) electrons. The van der Waals surface area contributed by atoms with Gasteiger partial charge in [0.05, 0.1) is 12.2 Å². The Morgan fingerprint density at radius 2 is 2.25 bits per heavy atom. The molecule has 4 heteroatoms. The zero-order chi connectivity index (χ0) is 11.2. The predicted octanol–water partition coefficient (Wildman–Crippen LogP) is 0.393. The lowest BCUT2D eigenvalue weighted by Crippen LogP contribution is -2.38. The number of amides is 1. The minimum absolute atomic E-state index is 0.114. The zero-order valence-electron chi connectivity index (χ0n) is 10.0. The Bertz CT molecular complexity index is 297. The summed E-state index contributed by atoms with van der Waals surface area (Å²) in [6, 6.07) is 0.811. The Morgan fingerprint density at radius 3 is 2.75 bits per heavy atom. The summed E-state index contributed by atoms with van der Waals surface area (Å²) in [4.78, 5) is 16.5. The van der Waals surface area contributed by atoms with Gasteiger partial charge in [-0.2, -0.15) is 0 Å². The first-order valence-electron chi connectivity index (χ1n) is 6.54. The molecule has 2 saturated carbocycles. The van der Waals surface area contributed by atoms with Gasteiger partial charge in [-0.3, -0.25) is 15.0 Å². The molecule has 0 aromatic carbocycles. The topological polar surface area (TPSA) is 35.6 Å². The summed E-state index contributed by atoms with van der Waals surface area (Å²) in [5.74, 6) is 0.347. The Balaban J connectivity index is 1.49. The minimum Gasteiger partial charge on any atom is -0.327 e. The highest BCUT2D eigenvalue weighted by Gasteiger charge is 2.55. The van der Waals surface area contributed by atoms with Crippen LogP contribution in [0, 0.1) is 0 Å².